The minimum absolute atomic E-state index is 0.743. The molecule has 0 bridgehead atoms. The molecule has 2 unspecified atom stereocenters. The van der Waals surface area contributed by atoms with Gasteiger partial charge in [0.2, 0.25) is 0 Å². The first-order chi connectivity index (χ1) is 6.02. The quantitative estimate of drug-likeness (QED) is 0.290. The van der Waals surface area contributed by atoms with Crippen LogP contribution in [0.5, 0.6) is 0 Å². The molecular weight excluding hydrogens is 520 g/mol. The fourth-order valence-electron chi connectivity index (χ4n) is 1.65. The van der Waals surface area contributed by atoms with Gasteiger partial charge in [0, 0.05) is 3.32 Å². The Morgan fingerprint density at radius 3 is 2.31 bits per heavy atom. The van der Waals surface area contributed by atoms with Crippen LogP contribution in [0.4, 0.5) is 0 Å². The molecular formula is C9H12I3P. The summed E-state index contributed by atoms with van der Waals surface area (Å²) in [6.07, 6.45) is 3.78. The molecule has 2 atom stereocenters. The van der Waals surface area contributed by atoms with Crippen LogP contribution in [0.1, 0.15) is 26.2 Å². The summed E-state index contributed by atoms with van der Waals surface area (Å²) in [6, 6.07) is 0. The van der Waals surface area contributed by atoms with Crippen molar-refractivity contribution in [3.05, 3.63) is 16.1 Å². The molecule has 0 aliphatic heterocycles. The van der Waals surface area contributed by atoms with Crippen LogP contribution in [0, 0.1) is 5.92 Å². The van der Waals surface area contributed by atoms with E-state index >= 15 is 0 Å². The minimum atomic E-state index is 0.743. The lowest BCUT2D eigenvalue weighted by molar-refractivity contribution is 0.575. The molecule has 0 N–H and O–H groups in total. The third-order valence-corrected chi connectivity index (χ3v) is 5.01. The van der Waals surface area contributed by atoms with Gasteiger partial charge in [-0.15, -0.1) is 0 Å². The summed E-state index contributed by atoms with van der Waals surface area (Å²) < 4.78 is 2.90. The van der Waals surface area contributed by atoms with E-state index in [1.54, 1.807) is 11.1 Å². The van der Waals surface area contributed by atoms with Crippen LogP contribution in [0.2, 0.25) is 0 Å². The smallest absolute Gasteiger partial charge is 0.0506 e. The molecule has 0 amide bonds. The summed E-state index contributed by atoms with van der Waals surface area (Å²) >= 11 is 7.30. The number of halogens is 3. The maximum Gasteiger partial charge on any atom is 0.0506 e. The van der Waals surface area contributed by atoms with Gasteiger partial charge < -0.3 is 0 Å². The molecule has 1 fully saturated rings. The Balaban J connectivity index is 2.80. The van der Waals surface area contributed by atoms with E-state index in [-0.39, 0.29) is 0 Å². The number of rotatable bonds is 0. The molecule has 0 aromatic rings. The van der Waals surface area contributed by atoms with Gasteiger partial charge in [0.15, 0.2) is 0 Å². The Morgan fingerprint density at radius 1 is 1.31 bits per heavy atom. The fraction of sp³-hybridized carbons (Fsp3) is 0.556. The van der Waals surface area contributed by atoms with Gasteiger partial charge >= 0.3 is 0 Å². The van der Waals surface area contributed by atoms with Crippen molar-refractivity contribution in [1.29, 1.82) is 0 Å². The average molecular weight is 532 g/mol. The molecule has 1 saturated carbocycles. The van der Waals surface area contributed by atoms with Crippen LogP contribution in [0.15, 0.2) is 16.1 Å². The van der Waals surface area contributed by atoms with E-state index in [1.165, 1.54) is 24.2 Å². The van der Waals surface area contributed by atoms with Crippen LogP contribution in [0.25, 0.3) is 0 Å². The van der Waals surface area contributed by atoms with Gasteiger partial charge in [-0.1, -0.05) is 21.7 Å². The van der Waals surface area contributed by atoms with Crippen molar-refractivity contribution in [3.63, 3.8) is 0 Å². The lowest BCUT2D eigenvalue weighted by Gasteiger charge is -2.25. The van der Waals surface area contributed by atoms with E-state index in [4.69, 9.17) is 0 Å². The van der Waals surface area contributed by atoms with Gasteiger partial charge in [0.05, 0.1) is 1.59 Å². The molecule has 1 rings (SSSR count). The zero-order valence-electron chi connectivity index (χ0n) is 7.41. The van der Waals surface area contributed by atoms with Gasteiger partial charge in [0.1, 0.15) is 0 Å². The standard InChI is InChI=1S/C9H12I3P/c1-5-4-6(8(10)11)2-3-7(5)9(12)13/h5H,2-4,13H2,1H3/b9-7+. The summed E-state index contributed by atoms with van der Waals surface area (Å²) in [5.41, 5.74) is 3.29. The van der Waals surface area contributed by atoms with Crippen molar-refractivity contribution < 1.29 is 0 Å². The molecule has 1 aliphatic rings. The van der Waals surface area contributed by atoms with E-state index in [0.717, 1.165) is 5.92 Å². The van der Waals surface area contributed by atoms with E-state index in [1.807, 2.05) is 0 Å². The summed E-state index contributed by atoms with van der Waals surface area (Å²) in [5.74, 6) is 0.743. The highest BCUT2D eigenvalue weighted by Crippen LogP contribution is 2.41. The van der Waals surface area contributed by atoms with E-state index in [0.29, 0.717) is 0 Å². The first kappa shape index (κ1) is 13.2. The average Bonchev–Trinajstić information content (AvgIpc) is 2.03. The van der Waals surface area contributed by atoms with Crippen LogP contribution in [-0.4, -0.2) is 0 Å². The maximum absolute atomic E-state index is 2.83. The predicted molar refractivity (Wildman–Crippen MR) is 88.8 cm³/mol. The minimum Gasteiger partial charge on any atom is -0.0989 e. The SMILES string of the molecule is CC1CC(=C(I)I)CC/C1=C(\P)I. The number of hydrogen-bond acceptors (Lipinski definition) is 0. The zero-order valence-corrected chi connectivity index (χ0v) is 15.0. The molecule has 4 heteroatoms. The largest absolute Gasteiger partial charge is 0.0989 e. The topological polar surface area (TPSA) is 0 Å². The second-order valence-corrected chi connectivity index (χ2v) is 10.5. The molecule has 13 heavy (non-hydrogen) atoms. The summed E-state index contributed by atoms with van der Waals surface area (Å²) in [5, 5.41) is 0. The first-order valence-electron chi connectivity index (χ1n) is 4.19. The van der Waals surface area contributed by atoms with Crippen molar-refractivity contribution in [3.8, 4) is 0 Å². The highest BCUT2D eigenvalue weighted by atomic mass is 127. The Hall–Kier alpha value is 2.10. The van der Waals surface area contributed by atoms with E-state index < -0.39 is 0 Å². The van der Waals surface area contributed by atoms with E-state index in [2.05, 4.69) is 83.9 Å². The van der Waals surface area contributed by atoms with Gasteiger partial charge in [0.25, 0.3) is 0 Å². The monoisotopic (exact) mass is 532 g/mol. The van der Waals surface area contributed by atoms with E-state index in [9.17, 15) is 0 Å². The molecule has 0 saturated heterocycles. The molecule has 0 radical (unpaired) electrons. The van der Waals surface area contributed by atoms with Crippen LogP contribution >= 0.6 is 77.0 Å². The second kappa shape index (κ2) is 5.99. The zero-order chi connectivity index (χ0) is 10.0. The van der Waals surface area contributed by atoms with Gasteiger partial charge in [-0.2, -0.15) is 0 Å². The highest BCUT2D eigenvalue weighted by molar-refractivity contribution is 14.2. The fourth-order valence-corrected chi connectivity index (χ4v) is 3.86. The highest BCUT2D eigenvalue weighted by Gasteiger charge is 2.20. The van der Waals surface area contributed by atoms with Gasteiger partial charge in [-0.25, -0.2) is 0 Å². The van der Waals surface area contributed by atoms with Crippen LogP contribution in [0.3, 0.4) is 0 Å². The van der Waals surface area contributed by atoms with Crippen molar-refractivity contribution in [2.45, 2.75) is 26.2 Å². The van der Waals surface area contributed by atoms with Crippen molar-refractivity contribution in [2.75, 3.05) is 0 Å². The van der Waals surface area contributed by atoms with Crippen molar-refractivity contribution in [2.24, 2.45) is 5.92 Å². The summed E-state index contributed by atoms with van der Waals surface area (Å²) in [6.45, 7) is 2.34. The Kier molecular flexibility index (Phi) is 6.07. The molecule has 0 nitrogen and oxygen atoms in total. The Morgan fingerprint density at radius 2 is 1.92 bits per heavy atom. The summed E-state index contributed by atoms with van der Waals surface area (Å²) in [4.78, 5) is 0. The van der Waals surface area contributed by atoms with Gasteiger partial charge in [-0.05, 0) is 98.5 Å². The first-order valence-corrected chi connectivity index (χ1v) is 8.00. The molecule has 0 aromatic carbocycles. The molecule has 74 valence electrons. The third-order valence-electron chi connectivity index (χ3n) is 2.42. The van der Waals surface area contributed by atoms with Gasteiger partial charge in [-0.3, -0.25) is 0 Å². The number of hydrogen-bond donors (Lipinski definition) is 0. The molecule has 1 aliphatic carbocycles. The predicted octanol–water partition coefficient (Wildman–Crippen LogP) is 5.41. The maximum atomic E-state index is 2.83. The molecule has 0 aromatic heterocycles. The van der Waals surface area contributed by atoms with Crippen LogP contribution in [-0.2, 0) is 0 Å². The Bertz CT molecular complexity index is 260. The third kappa shape index (κ3) is 3.87. The summed E-state index contributed by atoms with van der Waals surface area (Å²) in [7, 11) is 2.83. The normalized spacial score (nSPS) is 27.5. The lowest BCUT2D eigenvalue weighted by Crippen LogP contribution is -2.09. The Labute approximate surface area is 123 Å². The second-order valence-electron chi connectivity index (χ2n) is 3.34. The molecule has 0 spiro atoms. The lowest BCUT2D eigenvalue weighted by atomic mass is 9.84. The van der Waals surface area contributed by atoms with Crippen LogP contribution < -0.4 is 0 Å². The number of allylic oxidation sites excluding steroid dienone is 2. The molecule has 0 heterocycles. The van der Waals surface area contributed by atoms with Crippen molar-refractivity contribution >= 4 is 77.0 Å². The van der Waals surface area contributed by atoms with Crippen molar-refractivity contribution in [1.82, 2.24) is 0 Å².